The lowest BCUT2D eigenvalue weighted by atomic mass is 10.2. The molecule has 216 valence electrons. The summed E-state index contributed by atoms with van der Waals surface area (Å²) < 4.78 is 0.830. The van der Waals surface area contributed by atoms with Gasteiger partial charge in [-0.3, -0.25) is 0 Å². The van der Waals surface area contributed by atoms with Gasteiger partial charge in [-0.05, 0) is 88.7 Å². The first-order chi connectivity index (χ1) is 20.9. The molecule has 0 amide bonds. The first-order valence-electron chi connectivity index (χ1n) is 13.2. The number of nitrogens with zero attached hydrogens (tertiary/aromatic N) is 1. The fraction of sp³-hybridized carbons (Fsp3) is 0. The van der Waals surface area contributed by atoms with Gasteiger partial charge < -0.3 is 10.2 Å². The quantitative estimate of drug-likeness (QED) is 0.179. The number of rotatable bonds is 5. The lowest BCUT2D eigenvalue weighted by molar-refractivity contribution is 1.28. The highest BCUT2D eigenvalue weighted by Crippen LogP contribution is 2.41. The first-order valence-corrected chi connectivity index (χ1v) is 15.6. The largest absolute Gasteiger partial charge is 0.356 e. The van der Waals surface area contributed by atoms with Crippen LogP contribution in [0.1, 0.15) is 0 Å². The van der Waals surface area contributed by atoms with Gasteiger partial charge >= 0.3 is 0 Å². The molecule has 0 aliphatic carbocycles. The van der Waals surface area contributed by atoms with Crippen molar-refractivity contribution in [2.24, 2.45) is 0 Å². The second kappa shape index (κ2) is 17.0. The molecule has 0 spiro atoms. The van der Waals surface area contributed by atoms with Gasteiger partial charge in [-0.1, -0.05) is 131 Å². The van der Waals surface area contributed by atoms with Gasteiger partial charge in [-0.2, -0.15) is 0 Å². The van der Waals surface area contributed by atoms with Gasteiger partial charge in [0.1, 0.15) is 0 Å². The number of halogens is 5. The Labute approximate surface area is 281 Å². The molecule has 0 saturated carbocycles. The molecule has 0 aliphatic heterocycles. The zero-order chi connectivity index (χ0) is 30.4. The zero-order valence-electron chi connectivity index (χ0n) is 22.8. The number of nitrogens with one attached hydrogen (secondary N) is 1. The Hall–Kier alpha value is -3.44. The van der Waals surface area contributed by atoms with Crippen LogP contribution in [0, 0.1) is 0 Å². The maximum Gasteiger partial charge on any atom is 0.0832 e. The van der Waals surface area contributed by atoms with Crippen LogP contribution in [0.15, 0.2) is 162 Å². The smallest absolute Gasteiger partial charge is 0.0832 e. The molecule has 7 heteroatoms. The summed E-state index contributed by atoms with van der Waals surface area (Å²) in [6, 6.07) is 51.6. The van der Waals surface area contributed by atoms with Crippen LogP contribution in [-0.2, 0) is 0 Å². The highest BCUT2D eigenvalue weighted by atomic mass is 79.9. The predicted octanol–water partition coefficient (Wildman–Crippen LogP) is 13.6. The summed E-state index contributed by atoms with van der Waals surface area (Å²) in [6.45, 7) is 0. The molecule has 0 atom stereocenters. The maximum absolute atomic E-state index is 6.41. The van der Waals surface area contributed by atoms with Gasteiger partial charge in [0.05, 0.1) is 25.8 Å². The highest BCUT2D eigenvalue weighted by molar-refractivity contribution is 9.10. The Kier molecular flexibility index (Phi) is 12.8. The van der Waals surface area contributed by atoms with E-state index in [0.717, 1.165) is 32.9 Å². The van der Waals surface area contributed by atoms with Crippen LogP contribution in [0.3, 0.4) is 0 Å². The van der Waals surface area contributed by atoms with Crippen LogP contribution < -0.4 is 10.2 Å². The van der Waals surface area contributed by atoms with E-state index in [0.29, 0.717) is 20.1 Å². The van der Waals surface area contributed by atoms with E-state index < -0.39 is 0 Å². The predicted molar refractivity (Wildman–Crippen MR) is 191 cm³/mol. The van der Waals surface area contributed by atoms with Crippen LogP contribution in [-0.4, -0.2) is 0 Å². The molecule has 0 unspecified atom stereocenters. The second-order valence-corrected chi connectivity index (χ2v) is 11.4. The summed E-state index contributed by atoms with van der Waals surface area (Å²) in [5.74, 6) is 0. The number of hydrogen-bond acceptors (Lipinski definition) is 2. The van der Waals surface area contributed by atoms with Crippen LogP contribution in [0.25, 0.3) is 0 Å². The minimum absolute atomic E-state index is 0.547. The van der Waals surface area contributed by atoms with E-state index in [1.165, 1.54) is 0 Å². The van der Waals surface area contributed by atoms with Crippen molar-refractivity contribution in [1.82, 2.24) is 0 Å². The standard InChI is InChI=1S/C18H13Cl2N.C12H11N.C6H3BrCl2/c19-16-12-7-13-17(18(16)20)21(14-8-3-1-4-9-14)15-10-5-2-6-11-15;1-3-7-11(8-4-1)13-12-9-5-2-6-10-12;7-4-2-1-3-5(8)6(4)9/h1-13H;1-10,13H;1-3H. The number of para-hydroxylation sites is 4. The molecule has 1 N–H and O–H groups in total. The molecule has 43 heavy (non-hydrogen) atoms. The summed E-state index contributed by atoms with van der Waals surface area (Å²) in [7, 11) is 0. The van der Waals surface area contributed by atoms with E-state index in [1.807, 2.05) is 146 Å². The number of benzene rings is 6. The van der Waals surface area contributed by atoms with Crippen molar-refractivity contribution in [3.8, 4) is 0 Å². The lowest BCUT2D eigenvalue weighted by Gasteiger charge is -2.26. The zero-order valence-corrected chi connectivity index (χ0v) is 27.5. The summed E-state index contributed by atoms with van der Waals surface area (Å²) >= 11 is 27.2. The molecule has 0 radical (unpaired) electrons. The van der Waals surface area contributed by atoms with Gasteiger partial charge in [0.25, 0.3) is 0 Å². The summed E-state index contributed by atoms with van der Waals surface area (Å²) in [5.41, 5.74) is 5.17. The first kappa shape index (κ1) is 32.5. The third-order valence-electron chi connectivity index (χ3n) is 5.94. The molecule has 0 fully saturated rings. The summed E-state index contributed by atoms with van der Waals surface area (Å²) in [6.07, 6.45) is 0. The SMILES string of the molecule is Clc1cccc(Br)c1Cl.Clc1cccc(N(c2ccccc2)c2ccccc2)c1Cl.c1ccc(Nc2ccccc2)cc1. The van der Waals surface area contributed by atoms with E-state index in [9.17, 15) is 0 Å². The van der Waals surface area contributed by atoms with Crippen molar-refractivity contribution in [2.75, 3.05) is 10.2 Å². The molecule has 2 nitrogen and oxygen atoms in total. The van der Waals surface area contributed by atoms with E-state index >= 15 is 0 Å². The van der Waals surface area contributed by atoms with Crippen molar-refractivity contribution in [3.63, 3.8) is 0 Å². The Morgan fingerprint density at radius 3 is 1.23 bits per heavy atom. The Balaban J connectivity index is 0.000000163. The molecule has 0 aromatic heterocycles. The molecule has 0 bridgehead atoms. The fourth-order valence-electron chi connectivity index (χ4n) is 3.93. The molecule has 0 saturated heterocycles. The summed E-state index contributed by atoms with van der Waals surface area (Å²) in [4.78, 5) is 2.09. The van der Waals surface area contributed by atoms with E-state index in [1.54, 1.807) is 12.1 Å². The number of hydrogen-bond donors (Lipinski definition) is 1. The highest BCUT2D eigenvalue weighted by Gasteiger charge is 2.16. The number of anilines is 5. The van der Waals surface area contributed by atoms with Gasteiger partial charge in [0, 0.05) is 27.2 Å². The van der Waals surface area contributed by atoms with Gasteiger partial charge in [-0.15, -0.1) is 0 Å². The second-order valence-electron chi connectivity index (χ2n) is 8.97. The van der Waals surface area contributed by atoms with Crippen molar-refractivity contribution in [1.29, 1.82) is 0 Å². The topological polar surface area (TPSA) is 15.3 Å². The molecule has 6 aromatic carbocycles. The molecular weight excluding hydrogens is 682 g/mol. The van der Waals surface area contributed by atoms with Crippen LogP contribution in [0.4, 0.5) is 28.4 Å². The lowest BCUT2D eigenvalue weighted by Crippen LogP contribution is -2.10. The van der Waals surface area contributed by atoms with Gasteiger partial charge in [0.2, 0.25) is 0 Å². The molecule has 6 rings (SSSR count). The summed E-state index contributed by atoms with van der Waals surface area (Å²) in [5, 5.41) is 5.54. The van der Waals surface area contributed by atoms with Crippen LogP contribution in [0.2, 0.25) is 20.1 Å². The van der Waals surface area contributed by atoms with Crippen molar-refractivity contribution in [3.05, 3.63) is 182 Å². The Morgan fingerprint density at radius 1 is 0.419 bits per heavy atom. The third kappa shape index (κ3) is 9.79. The van der Waals surface area contributed by atoms with Crippen LogP contribution in [0.5, 0.6) is 0 Å². The van der Waals surface area contributed by atoms with Crippen molar-refractivity contribution in [2.45, 2.75) is 0 Å². The van der Waals surface area contributed by atoms with Crippen molar-refractivity contribution < 1.29 is 0 Å². The minimum Gasteiger partial charge on any atom is -0.356 e. The third-order valence-corrected chi connectivity index (χ3v) is 8.46. The molecule has 0 aliphatic rings. The Bertz CT molecular complexity index is 1590. The molecular formula is C36H27BrCl4N2. The average molecular weight is 709 g/mol. The fourth-order valence-corrected chi connectivity index (χ4v) is 5.09. The van der Waals surface area contributed by atoms with Gasteiger partial charge in [0.15, 0.2) is 0 Å². The maximum atomic E-state index is 6.41. The van der Waals surface area contributed by atoms with Gasteiger partial charge in [-0.25, -0.2) is 0 Å². The van der Waals surface area contributed by atoms with E-state index in [4.69, 9.17) is 46.4 Å². The monoisotopic (exact) mass is 706 g/mol. The minimum atomic E-state index is 0.547. The average Bonchev–Trinajstić information content (AvgIpc) is 3.05. The van der Waals surface area contributed by atoms with E-state index in [-0.39, 0.29) is 0 Å². The molecule has 6 aromatic rings. The van der Waals surface area contributed by atoms with E-state index in [2.05, 4.69) is 26.1 Å². The Morgan fingerprint density at radius 2 is 0.814 bits per heavy atom. The normalized spacial score (nSPS) is 9.98. The van der Waals surface area contributed by atoms with Crippen LogP contribution >= 0.6 is 62.3 Å². The molecule has 0 heterocycles. The van der Waals surface area contributed by atoms with Crippen molar-refractivity contribution >= 4 is 90.8 Å².